The van der Waals surface area contributed by atoms with Crippen LogP contribution in [0.15, 0.2) is 18.2 Å². The van der Waals surface area contributed by atoms with E-state index in [1.807, 2.05) is 0 Å². The maximum absolute atomic E-state index is 11.8. The number of nitrogens with one attached hydrogen (secondary N) is 1. The first kappa shape index (κ1) is 15.3. The third-order valence-electron chi connectivity index (χ3n) is 2.42. The van der Waals surface area contributed by atoms with E-state index in [4.69, 9.17) is 21.4 Å². The first-order valence-electron chi connectivity index (χ1n) is 5.46. The highest BCUT2D eigenvalue weighted by molar-refractivity contribution is 6.30. The molecule has 0 heterocycles. The summed E-state index contributed by atoms with van der Waals surface area (Å²) < 4.78 is 4.77. The van der Waals surface area contributed by atoms with Crippen molar-refractivity contribution < 1.29 is 24.5 Å². The summed E-state index contributed by atoms with van der Waals surface area (Å²) in [5, 5.41) is 21.1. The van der Waals surface area contributed by atoms with Gasteiger partial charge in [0.2, 0.25) is 0 Å². The van der Waals surface area contributed by atoms with Crippen LogP contribution in [0.25, 0.3) is 0 Å². The molecule has 0 aliphatic rings. The fraction of sp³-hybridized carbons (Fsp3) is 0.333. The fourth-order valence-corrected chi connectivity index (χ4v) is 1.59. The monoisotopic (exact) mass is 287 g/mol. The summed E-state index contributed by atoms with van der Waals surface area (Å²) in [6.07, 6.45) is 0.131. The second-order valence-corrected chi connectivity index (χ2v) is 4.24. The van der Waals surface area contributed by atoms with Crippen LogP contribution in [0.2, 0.25) is 5.02 Å². The number of hydrogen-bond acceptors (Lipinski definition) is 4. The number of carboxylic acid groups (broad SMARTS) is 1. The van der Waals surface area contributed by atoms with E-state index < -0.39 is 17.9 Å². The van der Waals surface area contributed by atoms with Crippen molar-refractivity contribution in [2.45, 2.75) is 12.5 Å². The molecule has 104 valence electrons. The number of phenolic OH excluding ortho intramolecular Hbond substituents is 1. The van der Waals surface area contributed by atoms with Crippen molar-refractivity contribution in [2.24, 2.45) is 0 Å². The maximum Gasteiger partial charge on any atom is 0.326 e. The summed E-state index contributed by atoms with van der Waals surface area (Å²) in [6.45, 7) is 0.198. The molecular formula is C12H14ClNO5. The number of aromatic hydroxyl groups is 1. The molecule has 1 rings (SSSR count). The summed E-state index contributed by atoms with van der Waals surface area (Å²) in [4.78, 5) is 22.8. The van der Waals surface area contributed by atoms with E-state index in [2.05, 4.69) is 5.32 Å². The minimum Gasteiger partial charge on any atom is -0.507 e. The van der Waals surface area contributed by atoms with Crippen molar-refractivity contribution >= 4 is 23.5 Å². The van der Waals surface area contributed by atoms with Gasteiger partial charge in [-0.1, -0.05) is 11.6 Å². The van der Waals surface area contributed by atoms with E-state index in [1.54, 1.807) is 0 Å². The first-order chi connectivity index (χ1) is 8.95. The lowest BCUT2D eigenvalue weighted by Crippen LogP contribution is -2.41. The van der Waals surface area contributed by atoms with Crippen molar-refractivity contribution in [3.8, 4) is 5.75 Å². The van der Waals surface area contributed by atoms with Gasteiger partial charge in [0.05, 0.1) is 5.56 Å². The zero-order valence-electron chi connectivity index (χ0n) is 10.2. The summed E-state index contributed by atoms with van der Waals surface area (Å²) in [5.74, 6) is -2.16. The summed E-state index contributed by atoms with van der Waals surface area (Å²) in [7, 11) is 1.44. The summed E-state index contributed by atoms with van der Waals surface area (Å²) in [5.41, 5.74) is -0.0342. The average Bonchev–Trinajstić information content (AvgIpc) is 2.33. The van der Waals surface area contributed by atoms with E-state index in [9.17, 15) is 14.7 Å². The Morgan fingerprint density at radius 1 is 1.47 bits per heavy atom. The van der Waals surface area contributed by atoms with Crippen molar-refractivity contribution in [1.29, 1.82) is 0 Å². The lowest BCUT2D eigenvalue weighted by molar-refractivity contribution is -0.139. The van der Waals surface area contributed by atoms with Crippen LogP contribution in [-0.2, 0) is 9.53 Å². The van der Waals surface area contributed by atoms with Crippen LogP contribution in [0.1, 0.15) is 16.8 Å². The van der Waals surface area contributed by atoms with E-state index in [0.717, 1.165) is 0 Å². The van der Waals surface area contributed by atoms with E-state index in [-0.39, 0.29) is 29.4 Å². The van der Waals surface area contributed by atoms with Crippen LogP contribution >= 0.6 is 11.6 Å². The van der Waals surface area contributed by atoms with Crippen LogP contribution in [0, 0.1) is 0 Å². The molecule has 3 N–H and O–H groups in total. The second-order valence-electron chi connectivity index (χ2n) is 3.81. The summed E-state index contributed by atoms with van der Waals surface area (Å²) in [6, 6.07) is 2.88. The zero-order valence-corrected chi connectivity index (χ0v) is 11.0. The largest absolute Gasteiger partial charge is 0.507 e. The molecule has 0 aromatic heterocycles. The van der Waals surface area contributed by atoms with Gasteiger partial charge in [-0.15, -0.1) is 0 Å². The number of carboxylic acids is 1. The standard InChI is InChI=1S/C12H14ClNO5/c1-19-5-4-9(12(17)18)14-11(16)8-3-2-7(13)6-10(8)15/h2-3,6,9,15H,4-5H2,1H3,(H,14,16)(H,17,18). The maximum atomic E-state index is 11.8. The van der Waals surface area contributed by atoms with Gasteiger partial charge in [0, 0.05) is 25.2 Å². The molecule has 0 saturated heterocycles. The molecule has 7 heteroatoms. The molecular weight excluding hydrogens is 274 g/mol. The number of ether oxygens (including phenoxy) is 1. The predicted molar refractivity (Wildman–Crippen MR) is 68.5 cm³/mol. The Kier molecular flexibility index (Phi) is 5.59. The third-order valence-corrected chi connectivity index (χ3v) is 2.65. The number of halogens is 1. The Hall–Kier alpha value is -1.79. The van der Waals surface area contributed by atoms with Crippen molar-refractivity contribution in [1.82, 2.24) is 5.32 Å². The van der Waals surface area contributed by atoms with Crippen LogP contribution in [0.3, 0.4) is 0 Å². The highest BCUT2D eigenvalue weighted by Gasteiger charge is 2.21. The fourth-order valence-electron chi connectivity index (χ4n) is 1.43. The Morgan fingerprint density at radius 3 is 2.68 bits per heavy atom. The van der Waals surface area contributed by atoms with Gasteiger partial charge >= 0.3 is 5.97 Å². The number of phenols is 1. The molecule has 0 bridgehead atoms. The quantitative estimate of drug-likeness (QED) is 0.732. The molecule has 0 saturated carbocycles. The van der Waals surface area contributed by atoms with E-state index in [1.165, 1.54) is 25.3 Å². The van der Waals surface area contributed by atoms with Crippen LogP contribution in [0.5, 0.6) is 5.75 Å². The molecule has 19 heavy (non-hydrogen) atoms. The molecule has 1 unspecified atom stereocenters. The minimum atomic E-state index is -1.17. The lowest BCUT2D eigenvalue weighted by Gasteiger charge is -2.14. The summed E-state index contributed by atoms with van der Waals surface area (Å²) >= 11 is 5.64. The molecule has 0 fully saturated rings. The SMILES string of the molecule is COCCC(NC(=O)c1ccc(Cl)cc1O)C(=O)O. The number of hydrogen-bond donors (Lipinski definition) is 3. The van der Waals surface area contributed by atoms with Gasteiger partial charge in [-0.3, -0.25) is 4.79 Å². The molecule has 6 nitrogen and oxygen atoms in total. The number of carbonyl (C=O) groups is 2. The van der Waals surface area contributed by atoms with E-state index >= 15 is 0 Å². The Balaban J connectivity index is 2.78. The van der Waals surface area contributed by atoms with Gasteiger partial charge in [0.15, 0.2) is 0 Å². The molecule has 0 spiro atoms. The highest BCUT2D eigenvalue weighted by Crippen LogP contribution is 2.21. The smallest absolute Gasteiger partial charge is 0.326 e. The van der Waals surface area contributed by atoms with Gasteiger partial charge in [0.25, 0.3) is 5.91 Å². The number of methoxy groups -OCH3 is 1. The molecule has 1 amide bonds. The number of carbonyl (C=O) groups excluding carboxylic acids is 1. The van der Waals surface area contributed by atoms with Gasteiger partial charge in [0.1, 0.15) is 11.8 Å². The first-order valence-corrected chi connectivity index (χ1v) is 5.84. The van der Waals surface area contributed by atoms with Crippen LogP contribution < -0.4 is 5.32 Å². The van der Waals surface area contributed by atoms with Crippen LogP contribution in [0.4, 0.5) is 0 Å². The minimum absolute atomic E-state index is 0.0342. The Morgan fingerprint density at radius 2 is 2.16 bits per heavy atom. The van der Waals surface area contributed by atoms with Crippen molar-refractivity contribution in [3.63, 3.8) is 0 Å². The van der Waals surface area contributed by atoms with Gasteiger partial charge in [-0.2, -0.15) is 0 Å². The molecule has 1 atom stereocenters. The number of rotatable bonds is 6. The average molecular weight is 288 g/mol. The van der Waals surface area contributed by atoms with Gasteiger partial charge < -0.3 is 20.3 Å². The normalized spacial score (nSPS) is 11.9. The third kappa shape index (κ3) is 4.42. The number of amides is 1. The van der Waals surface area contributed by atoms with Crippen molar-refractivity contribution in [3.05, 3.63) is 28.8 Å². The number of aliphatic carboxylic acids is 1. The van der Waals surface area contributed by atoms with Gasteiger partial charge in [-0.05, 0) is 18.2 Å². The predicted octanol–water partition coefficient (Wildman–Crippen LogP) is 1.27. The molecule has 1 aromatic rings. The van der Waals surface area contributed by atoms with E-state index in [0.29, 0.717) is 0 Å². The second kappa shape index (κ2) is 6.96. The molecule has 0 aliphatic carbocycles. The molecule has 1 aromatic carbocycles. The lowest BCUT2D eigenvalue weighted by atomic mass is 10.1. The number of benzene rings is 1. The Labute approximate surface area is 114 Å². The van der Waals surface area contributed by atoms with Crippen molar-refractivity contribution in [2.75, 3.05) is 13.7 Å². The van der Waals surface area contributed by atoms with Gasteiger partial charge in [-0.25, -0.2) is 4.79 Å². The molecule has 0 aliphatic heterocycles. The Bertz CT molecular complexity index is 477. The zero-order chi connectivity index (χ0) is 14.4. The molecule has 0 radical (unpaired) electrons. The topological polar surface area (TPSA) is 95.9 Å². The van der Waals surface area contributed by atoms with Crippen LogP contribution in [-0.4, -0.2) is 41.8 Å². The highest BCUT2D eigenvalue weighted by atomic mass is 35.5.